The molecule has 1 aliphatic heterocycles. The molecule has 25 heavy (non-hydrogen) atoms. The van der Waals surface area contributed by atoms with Crippen LogP contribution in [0.25, 0.3) is 5.65 Å². The molecule has 2 aromatic heterocycles. The van der Waals surface area contributed by atoms with Crippen LogP contribution < -0.4 is 4.74 Å². The molecule has 0 N–H and O–H groups in total. The van der Waals surface area contributed by atoms with Gasteiger partial charge in [0.15, 0.2) is 12.3 Å². The van der Waals surface area contributed by atoms with E-state index in [0.29, 0.717) is 37.1 Å². The van der Waals surface area contributed by atoms with Gasteiger partial charge in [-0.3, -0.25) is 9.59 Å². The topological polar surface area (TPSA) is 92.9 Å². The van der Waals surface area contributed by atoms with Gasteiger partial charge in [-0.25, -0.2) is 0 Å². The normalized spacial score (nSPS) is 18.2. The van der Waals surface area contributed by atoms with Crippen molar-refractivity contribution in [2.24, 2.45) is 5.92 Å². The fourth-order valence-electron chi connectivity index (χ4n) is 2.90. The Bertz CT molecular complexity index is 774. The van der Waals surface area contributed by atoms with Gasteiger partial charge in [0.05, 0.1) is 0 Å². The van der Waals surface area contributed by atoms with Crippen molar-refractivity contribution in [3.05, 3.63) is 18.5 Å². The first-order chi connectivity index (χ1) is 12.0. The number of piperazine rings is 1. The van der Waals surface area contributed by atoms with Gasteiger partial charge in [-0.2, -0.15) is 4.52 Å². The summed E-state index contributed by atoms with van der Waals surface area (Å²) >= 11 is 0. The third-order valence-corrected chi connectivity index (χ3v) is 4.13. The summed E-state index contributed by atoms with van der Waals surface area (Å²) in [7, 11) is 0. The summed E-state index contributed by atoms with van der Waals surface area (Å²) < 4.78 is 6.94. The third-order valence-electron chi connectivity index (χ3n) is 4.13. The van der Waals surface area contributed by atoms with Crippen molar-refractivity contribution in [1.29, 1.82) is 0 Å². The van der Waals surface area contributed by atoms with Crippen LogP contribution in [0.1, 0.15) is 20.8 Å². The second kappa shape index (κ2) is 7.04. The molecule has 0 aromatic carbocycles. The van der Waals surface area contributed by atoms with Crippen LogP contribution >= 0.6 is 0 Å². The standard InChI is InChI=1S/C16H22N6O3/c1-11(2)8-20-6-7-21(12(3)16(20)24)15(23)9-25-14-5-4-13-18-17-10-22(13)19-14/h4-5,10-12H,6-9H2,1-3H3/t12-/m0/s1. The second-order valence-electron chi connectivity index (χ2n) is 6.54. The molecule has 1 atom stereocenters. The van der Waals surface area contributed by atoms with Crippen molar-refractivity contribution in [2.45, 2.75) is 26.8 Å². The van der Waals surface area contributed by atoms with Gasteiger partial charge in [-0.15, -0.1) is 15.3 Å². The van der Waals surface area contributed by atoms with Gasteiger partial charge in [0.25, 0.3) is 5.91 Å². The molecular weight excluding hydrogens is 324 g/mol. The molecule has 3 rings (SSSR count). The molecule has 9 heteroatoms. The lowest BCUT2D eigenvalue weighted by Crippen LogP contribution is -2.58. The van der Waals surface area contributed by atoms with Crippen LogP contribution in [-0.4, -0.2) is 73.7 Å². The number of hydrogen-bond acceptors (Lipinski definition) is 6. The van der Waals surface area contributed by atoms with Gasteiger partial charge < -0.3 is 14.5 Å². The first-order valence-corrected chi connectivity index (χ1v) is 8.34. The molecule has 0 unspecified atom stereocenters. The van der Waals surface area contributed by atoms with E-state index < -0.39 is 6.04 Å². The second-order valence-corrected chi connectivity index (χ2v) is 6.54. The molecule has 2 amide bonds. The smallest absolute Gasteiger partial charge is 0.261 e. The summed E-state index contributed by atoms with van der Waals surface area (Å²) in [5, 5.41) is 11.7. The largest absolute Gasteiger partial charge is 0.467 e. The molecule has 1 saturated heterocycles. The maximum Gasteiger partial charge on any atom is 0.261 e. The highest BCUT2D eigenvalue weighted by atomic mass is 16.5. The van der Waals surface area contributed by atoms with Crippen molar-refractivity contribution in [3.8, 4) is 5.88 Å². The van der Waals surface area contributed by atoms with Gasteiger partial charge in [-0.1, -0.05) is 13.8 Å². The molecule has 3 heterocycles. The number of rotatable bonds is 5. The monoisotopic (exact) mass is 346 g/mol. The van der Waals surface area contributed by atoms with E-state index in [4.69, 9.17) is 4.74 Å². The minimum absolute atomic E-state index is 0.0164. The van der Waals surface area contributed by atoms with E-state index in [2.05, 4.69) is 29.1 Å². The number of ether oxygens (including phenoxy) is 1. The van der Waals surface area contributed by atoms with E-state index in [9.17, 15) is 9.59 Å². The minimum atomic E-state index is -0.475. The highest BCUT2D eigenvalue weighted by Crippen LogP contribution is 2.14. The van der Waals surface area contributed by atoms with E-state index in [1.54, 1.807) is 24.0 Å². The van der Waals surface area contributed by atoms with E-state index in [-0.39, 0.29) is 18.4 Å². The Morgan fingerprint density at radius 3 is 2.92 bits per heavy atom. The first kappa shape index (κ1) is 17.1. The Hall–Kier alpha value is -2.71. The molecular formula is C16H22N6O3. The molecule has 0 bridgehead atoms. The fourth-order valence-corrected chi connectivity index (χ4v) is 2.90. The summed E-state index contributed by atoms with van der Waals surface area (Å²) in [5.41, 5.74) is 0.596. The third kappa shape index (κ3) is 3.70. The van der Waals surface area contributed by atoms with E-state index >= 15 is 0 Å². The van der Waals surface area contributed by atoms with Gasteiger partial charge in [0, 0.05) is 25.7 Å². The number of aromatic nitrogens is 4. The van der Waals surface area contributed by atoms with Crippen molar-refractivity contribution in [2.75, 3.05) is 26.2 Å². The zero-order valence-corrected chi connectivity index (χ0v) is 14.6. The zero-order chi connectivity index (χ0) is 18.0. The molecule has 0 saturated carbocycles. The molecule has 2 aromatic rings. The van der Waals surface area contributed by atoms with Gasteiger partial charge in [0.1, 0.15) is 12.4 Å². The van der Waals surface area contributed by atoms with Crippen molar-refractivity contribution in [3.63, 3.8) is 0 Å². The predicted molar refractivity (Wildman–Crippen MR) is 88.9 cm³/mol. The summed E-state index contributed by atoms with van der Waals surface area (Å²) in [6.45, 7) is 7.52. The number of hydrogen-bond donors (Lipinski definition) is 0. The maximum atomic E-state index is 12.4. The molecule has 0 radical (unpaired) electrons. The Balaban J connectivity index is 1.58. The number of carbonyl (C=O) groups excluding carboxylic acids is 2. The van der Waals surface area contributed by atoms with Crippen LogP contribution in [0.3, 0.4) is 0 Å². The summed E-state index contributed by atoms with van der Waals surface area (Å²) in [4.78, 5) is 28.3. The van der Waals surface area contributed by atoms with E-state index in [1.807, 2.05) is 4.90 Å². The lowest BCUT2D eigenvalue weighted by molar-refractivity contribution is -0.152. The lowest BCUT2D eigenvalue weighted by Gasteiger charge is -2.39. The SMILES string of the molecule is CC(C)CN1CCN(C(=O)COc2ccc3nncn3n2)[C@@H](C)C1=O. The minimum Gasteiger partial charge on any atom is -0.467 e. The summed E-state index contributed by atoms with van der Waals surface area (Å²) in [6.07, 6.45) is 1.46. The number of amides is 2. The molecule has 134 valence electrons. The quantitative estimate of drug-likeness (QED) is 0.769. The molecule has 1 aliphatic rings. The average molecular weight is 346 g/mol. The summed E-state index contributed by atoms with van der Waals surface area (Å²) in [5.74, 6) is 0.464. The van der Waals surface area contributed by atoms with Gasteiger partial charge in [-0.05, 0) is 18.9 Å². The Labute approximate surface area is 145 Å². The number of nitrogens with zero attached hydrogens (tertiary/aromatic N) is 6. The van der Waals surface area contributed by atoms with Gasteiger partial charge >= 0.3 is 0 Å². The van der Waals surface area contributed by atoms with Crippen LogP contribution in [0.4, 0.5) is 0 Å². The maximum absolute atomic E-state index is 12.4. The van der Waals surface area contributed by atoms with Gasteiger partial charge in [0.2, 0.25) is 11.8 Å². The van der Waals surface area contributed by atoms with Crippen LogP contribution in [0.15, 0.2) is 18.5 Å². The Kier molecular flexibility index (Phi) is 4.82. The fraction of sp³-hybridized carbons (Fsp3) is 0.562. The number of fused-ring (bicyclic) bond motifs is 1. The highest BCUT2D eigenvalue weighted by Gasteiger charge is 2.34. The highest BCUT2D eigenvalue weighted by molar-refractivity contribution is 5.89. The Morgan fingerprint density at radius 1 is 1.36 bits per heavy atom. The first-order valence-electron chi connectivity index (χ1n) is 8.34. The van der Waals surface area contributed by atoms with Crippen molar-refractivity contribution < 1.29 is 14.3 Å². The lowest BCUT2D eigenvalue weighted by atomic mass is 10.1. The predicted octanol–water partition coefficient (Wildman–Crippen LogP) is 0.218. The molecule has 9 nitrogen and oxygen atoms in total. The van der Waals surface area contributed by atoms with Crippen LogP contribution in [0, 0.1) is 5.92 Å². The van der Waals surface area contributed by atoms with Crippen LogP contribution in [-0.2, 0) is 9.59 Å². The van der Waals surface area contributed by atoms with Crippen molar-refractivity contribution >= 4 is 17.5 Å². The zero-order valence-electron chi connectivity index (χ0n) is 14.6. The number of carbonyl (C=O) groups is 2. The van der Waals surface area contributed by atoms with Crippen molar-refractivity contribution in [1.82, 2.24) is 29.6 Å². The average Bonchev–Trinajstić information content (AvgIpc) is 3.04. The summed E-state index contributed by atoms with van der Waals surface area (Å²) in [6, 6.07) is 2.86. The van der Waals surface area contributed by atoms with E-state index in [1.165, 1.54) is 10.8 Å². The molecule has 1 fully saturated rings. The van der Waals surface area contributed by atoms with Crippen LogP contribution in [0.5, 0.6) is 5.88 Å². The molecule has 0 spiro atoms. The van der Waals surface area contributed by atoms with Crippen LogP contribution in [0.2, 0.25) is 0 Å². The molecule has 0 aliphatic carbocycles. The van der Waals surface area contributed by atoms with E-state index in [0.717, 1.165) is 0 Å². The Morgan fingerprint density at radius 2 is 2.16 bits per heavy atom.